The standard InChI is InChI=1S/C16H19N3OS/c1-2-4-12-9-14(8-5-11(12)3-1)20-16-19-18-15(21-16)10-17-13-6-7-13/h5,8-9,13,17H,1-4,6-7,10H2. The first-order chi connectivity index (χ1) is 10.4. The van der Waals surface area contributed by atoms with E-state index in [-0.39, 0.29) is 0 Å². The van der Waals surface area contributed by atoms with E-state index in [2.05, 4.69) is 27.6 Å². The molecule has 4 rings (SSSR count). The number of hydrogen-bond donors (Lipinski definition) is 1. The molecule has 0 radical (unpaired) electrons. The number of ether oxygens (including phenoxy) is 1. The largest absolute Gasteiger partial charge is 0.430 e. The SMILES string of the molecule is c1cc2c(cc1Oc1nnc(CNC3CC3)s1)CCCC2. The summed E-state index contributed by atoms with van der Waals surface area (Å²) in [5.41, 5.74) is 2.90. The fraction of sp³-hybridized carbons (Fsp3) is 0.500. The number of hydrogen-bond acceptors (Lipinski definition) is 5. The van der Waals surface area contributed by atoms with Crippen LogP contribution in [0, 0.1) is 0 Å². The molecule has 0 bridgehead atoms. The molecule has 0 atom stereocenters. The van der Waals surface area contributed by atoms with Gasteiger partial charge in [-0.25, -0.2) is 0 Å². The summed E-state index contributed by atoms with van der Waals surface area (Å²) in [7, 11) is 0. The summed E-state index contributed by atoms with van der Waals surface area (Å²) in [4.78, 5) is 0. The van der Waals surface area contributed by atoms with Crippen molar-refractivity contribution in [3.8, 4) is 10.9 Å². The Balaban J connectivity index is 1.42. The second-order valence-corrected chi connectivity index (χ2v) is 6.88. The fourth-order valence-electron chi connectivity index (χ4n) is 2.74. The smallest absolute Gasteiger partial charge is 0.299 e. The van der Waals surface area contributed by atoms with Gasteiger partial charge in [-0.15, -0.1) is 5.10 Å². The lowest BCUT2D eigenvalue weighted by Gasteiger charge is -2.16. The summed E-state index contributed by atoms with van der Waals surface area (Å²) < 4.78 is 5.86. The van der Waals surface area contributed by atoms with Crippen LogP contribution in [-0.4, -0.2) is 16.2 Å². The third kappa shape index (κ3) is 3.24. The lowest BCUT2D eigenvalue weighted by Crippen LogP contribution is -2.14. The first-order valence-electron chi connectivity index (χ1n) is 7.72. The van der Waals surface area contributed by atoms with Crippen molar-refractivity contribution in [1.82, 2.24) is 15.5 Å². The highest BCUT2D eigenvalue weighted by molar-refractivity contribution is 7.13. The number of rotatable bonds is 5. The van der Waals surface area contributed by atoms with Crippen molar-refractivity contribution in [2.75, 3.05) is 0 Å². The molecule has 5 heteroatoms. The van der Waals surface area contributed by atoms with E-state index in [1.54, 1.807) is 0 Å². The quantitative estimate of drug-likeness (QED) is 0.918. The van der Waals surface area contributed by atoms with Gasteiger partial charge in [-0.1, -0.05) is 22.5 Å². The van der Waals surface area contributed by atoms with E-state index in [4.69, 9.17) is 4.74 Å². The maximum absolute atomic E-state index is 5.86. The van der Waals surface area contributed by atoms with E-state index in [9.17, 15) is 0 Å². The van der Waals surface area contributed by atoms with Crippen LogP contribution in [0.5, 0.6) is 10.9 Å². The summed E-state index contributed by atoms with van der Waals surface area (Å²) in [5, 5.41) is 13.4. The van der Waals surface area contributed by atoms with Gasteiger partial charge in [-0.3, -0.25) is 0 Å². The summed E-state index contributed by atoms with van der Waals surface area (Å²) in [5.74, 6) is 0.883. The topological polar surface area (TPSA) is 47.0 Å². The van der Waals surface area contributed by atoms with E-state index < -0.39 is 0 Å². The zero-order valence-corrected chi connectivity index (χ0v) is 12.8. The van der Waals surface area contributed by atoms with Crippen molar-refractivity contribution in [2.24, 2.45) is 0 Å². The molecule has 2 aromatic rings. The molecule has 4 nitrogen and oxygen atoms in total. The highest BCUT2D eigenvalue weighted by Gasteiger charge is 2.21. The van der Waals surface area contributed by atoms with Gasteiger partial charge in [-0.2, -0.15) is 0 Å². The van der Waals surface area contributed by atoms with Gasteiger partial charge in [0, 0.05) is 6.04 Å². The normalized spacial score (nSPS) is 17.5. The predicted molar refractivity (Wildman–Crippen MR) is 82.9 cm³/mol. The first-order valence-corrected chi connectivity index (χ1v) is 8.54. The first kappa shape index (κ1) is 13.2. The van der Waals surface area contributed by atoms with Crippen molar-refractivity contribution in [2.45, 2.75) is 51.1 Å². The highest BCUT2D eigenvalue weighted by Crippen LogP contribution is 2.30. The molecular weight excluding hydrogens is 282 g/mol. The zero-order valence-electron chi connectivity index (χ0n) is 12.0. The summed E-state index contributed by atoms with van der Waals surface area (Å²) in [6.45, 7) is 0.801. The van der Waals surface area contributed by atoms with Crippen LogP contribution in [-0.2, 0) is 19.4 Å². The van der Waals surface area contributed by atoms with Gasteiger partial charge in [0.25, 0.3) is 5.19 Å². The second-order valence-electron chi connectivity index (χ2n) is 5.86. The van der Waals surface area contributed by atoms with Gasteiger partial charge >= 0.3 is 0 Å². The third-order valence-corrected chi connectivity index (χ3v) is 4.89. The lowest BCUT2D eigenvalue weighted by atomic mass is 9.92. The van der Waals surface area contributed by atoms with Crippen LogP contribution in [0.1, 0.15) is 41.8 Å². The molecule has 1 aromatic carbocycles. The van der Waals surface area contributed by atoms with Crippen LogP contribution in [0.15, 0.2) is 18.2 Å². The van der Waals surface area contributed by atoms with Crippen molar-refractivity contribution in [3.05, 3.63) is 34.3 Å². The monoisotopic (exact) mass is 301 g/mol. The molecule has 2 aliphatic carbocycles. The highest BCUT2D eigenvalue weighted by atomic mass is 32.1. The van der Waals surface area contributed by atoms with Crippen LogP contribution in [0.4, 0.5) is 0 Å². The molecule has 1 aromatic heterocycles. The minimum Gasteiger partial charge on any atom is -0.430 e. The maximum atomic E-state index is 5.86. The van der Waals surface area contributed by atoms with Crippen molar-refractivity contribution < 1.29 is 4.74 Å². The van der Waals surface area contributed by atoms with E-state index in [0.717, 1.165) is 17.3 Å². The molecule has 0 aliphatic heterocycles. The van der Waals surface area contributed by atoms with E-state index in [1.807, 2.05) is 6.07 Å². The maximum Gasteiger partial charge on any atom is 0.299 e. The third-order valence-electron chi connectivity index (χ3n) is 4.09. The predicted octanol–water partition coefficient (Wildman–Crippen LogP) is 3.46. The molecule has 1 heterocycles. The van der Waals surface area contributed by atoms with E-state index in [1.165, 1.54) is 61.0 Å². The Labute approximate surface area is 128 Å². The zero-order chi connectivity index (χ0) is 14.1. The molecular formula is C16H19N3OS. The minimum absolute atomic E-state index is 0.637. The van der Waals surface area contributed by atoms with Crippen molar-refractivity contribution in [3.63, 3.8) is 0 Å². The second kappa shape index (κ2) is 5.73. The molecule has 1 N–H and O–H groups in total. The Morgan fingerprint density at radius 2 is 2.00 bits per heavy atom. The number of fused-ring (bicyclic) bond motifs is 1. The summed E-state index contributed by atoms with van der Waals surface area (Å²) in [6, 6.07) is 7.10. The summed E-state index contributed by atoms with van der Waals surface area (Å²) >= 11 is 1.53. The van der Waals surface area contributed by atoms with Gasteiger partial charge in [0.05, 0.1) is 6.54 Å². The van der Waals surface area contributed by atoms with Gasteiger partial charge in [0.1, 0.15) is 10.8 Å². The molecule has 1 saturated carbocycles. The van der Waals surface area contributed by atoms with Crippen molar-refractivity contribution >= 4 is 11.3 Å². The molecule has 1 fully saturated rings. The number of benzene rings is 1. The van der Waals surface area contributed by atoms with Crippen LogP contribution in [0.2, 0.25) is 0 Å². The molecule has 0 unspecified atom stereocenters. The molecule has 2 aliphatic rings. The molecule has 0 amide bonds. The number of aromatic nitrogens is 2. The Hall–Kier alpha value is -1.46. The van der Waals surface area contributed by atoms with Gasteiger partial charge in [0.2, 0.25) is 0 Å². The van der Waals surface area contributed by atoms with Crippen LogP contribution < -0.4 is 10.1 Å². The van der Waals surface area contributed by atoms with Gasteiger partial charge < -0.3 is 10.1 Å². The Kier molecular flexibility index (Phi) is 3.61. The molecule has 21 heavy (non-hydrogen) atoms. The average Bonchev–Trinajstić information content (AvgIpc) is 3.25. The lowest BCUT2D eigenvalue weighted by molar-refractivity contribution is 0.471. The Bertz CT molecular complexity index is 636. The van der Waals surface area contributed by atoms with E-state index >= 15 is 0 Å². The number of aryl methyl sites for hydroxylation is 2. The average molecular weight is 301 g/mol. The van der Waals surface area contributed by atoms with Crippen molar-refractivity contribution in [1.29, 1.82) is 0 Å². The number of nitrogens with one attached hydrogen (secondary N) is 1. The minimum atomic E-state index is 0.637. The molecule has 0 saturated heterocycles. The van der Waals surface area contributed by atoms with Crippen LogP contribution in [0.3, 0.4) is 0 Å². The van der Waals surface area contributed by atoms with Gasteiger partial charge in [0.15, 0.2) is 0 Å². The Morgan fingerprint density at radius 1 is 1.14 bits per heavy atom. The fourth-order valence-corrected chi connectivity index (χ4v) is 3.40. The molecule has 0 spiro atoms. The van der Waals surface area contributed by atoms with Gasteiger partial charge in [-0.05, 0) is 61.8 Å². The summed E-state index contributed by atoms with van der Waals surface area (Å²) in [6.07, 6.45) is 7.53. The Morgan fingerprint density at radius 3 is 2.86 bits per heavy atom. The van der Waals surface area contributed by atoms with E-state index in [0.29, 0.717) is 11.2 Å². The molecule has 110 valence electrons. The van der Waals surface area contributed by atoms with Crippen LogP contribution in [0.25, 0.3) is 0 Å². The van der Waals surface area contributed by atoms with Crippen LogP contribution >= 0.6 is 11.3 Å². The number of nitrogens with zero attached hydrogens (tertiary/aromatic N) is 2.